The Bertz CT molecular complexity index is 486. The minimum absolute atomic E-state index is 0.319. The van der Waals surface area contributed by atoms with Gasteiger partial charge in [0.1, 0.15) is 5.75 Å². The molecule has 1 atom stereocenters. The summed E-state index contributed by atoms with van der Waals surface area (Å²) in [5, 5.41) is 10.3. The molecule has 1 heterocycles. The lowest BCUT2D eigenvalue weighted by Gasteiger charge is -2.31. The molecule has 0 aliphatic carbocycles. The Labute approximate surface area is 151 Å². The van der Waals surface area contributed by atoms with Gasteiger partial charge in [0.05, 0.1) is 26.4 Å². The Kier molecular flexibility index (Phi) is 8.97. The summed E-state index contributed by atoms with van der Waals surface area (Å²) in [7, 11) is 1.68. The van der Waals surface area contributed by atoms with Crippen LogP contribution in [0.5, 0.6) is 5.75 Å². The average Bonchev–Trinajstić information content (AvgIpc) is 2.66. The van der Waals surface area contributed by atoms with Gasteiger partial charge in [-0.25, -0.2) is 0 Å². The summed E-state index contributed by atoms with van der Waals surface area (Å²) in [6, 6.07) is 8.17. The summed E-state index contributed by atoms with van der Waals surface area (Å²) in [4.78, 5) is 4.77. The lowest BCUT2D eigenvalue weighted by molar-refractivity contribution is 0.0288. The molecule has 1 unspecified atom stereocenters. The molecule has 1 aliphatic heterocycles. The molecular formula is C20H32N2O3. The molecule has 0 amide bonds. The van der Waals surface area contributed by atoms with Crippen LogP contribution in [-0.2, 0) is 11.3 Å². The normalized spacial score (nSPS) is 16.8. The van der Waals surface area contributed by atoms with Gasteiger partial charge in [-0.2, -0.15) is 0 Å². The second kappa shape index (κ2) is 11.3. The first-order valence-corrected chi connectivity index (χ1v) is 9.15. The molecule has 1 aromatic rings. The van der Waals surface area contributed by atoms with Gasteiger partial charge in [-0.05, 0) is 30.5 Å². The molecule has 5 heteroatoms. The lowest BCUT2D eigenvalue weighted by Crippen LogP contribution is -2.42. The maximum Gasteiger partial charge on any atom is 0.118 e. The van der Waals surface area contributed by atoms with Crippen molar-refractivity contribution < 1.29 is 14.6 Å². The van der Waals surface area contributed by atoms with E-state index in [4.69, 9.17) is 9.47 Å². The van der Waals surface area contributed by atoms with Gasteiger partial charge in [0.15, 0.2) is 0 Å². The topological polar surface area (TPSA) is 45.2 Å². The molecule has 0 spiro atoms. The quantitative estimate of drug-likeness (QED) is 0.621. The molecule has 1 aromatic carbocycles. The van der Waals surface area contributed by atoms with Crippen LogP contribution in [0.1, 0.15) is 18.4 Å². The highest BCUT2D eigenvalue weighted by Crippen LogP contribution is 2.14. The minimum atomic E-state index is -0.319. The van der Waals surface area contributed by atoms with Crippen molar-refractivity contribution in [2.75, 3.05) is 53.0 Å². The van der Waals surface area contributed by atoms with Gasteiger partial charge in [0, 0.05) is 39.3 Å². The van der Waals surface area contributed by atoms with E-state index in [0.29, 0.717) is 6.54 Å². The summed E-state index contributed by atoms with van der Waals surface area (Å²) in [5.41, 5.74) is 1.23. The van der Waals surface area contributed by atoms with Crippen LogP contribution < -0.4 is 4.74 Å². The molecule has 0 saturated carbocycles. The Morgan fingerprint density at radius 2 is 2.04 bits per heavy atom. The number of rotatable bonds is 11. The number of aliphatic hydroxyl groups is 1. The molecule has 1 aliphatic rings. The van der Waals surface area contributed by atoms with E-state index in [2.05, 4.69) is 28.5 Å². The Morgan fingerprint density at radius 3 is 2.68 bits per heavy atom. The predicted molar refractivity (Wildman–Crippen MR) is 101 cm³/mol. The third kappa shape index (κ3) is 7.57. The number of morpholine rings is 1. The molecule has 1 saturated heterocycles. The van der Waals surface area contributed by atoms with Crippen molar-refractivity contribution in [1.29, 1.82) is 0 Å². The predicted octanol–water partition coefficient (Wildman–Crippen LogP) is 2.16. The Balaban J connectivity index is 1.90. The lowest BCUT2D eigenvalue weighted by atomic mass is 10.1. The van der Waals surface area contributed by atoms with E-state index < -0.39 is 0 Å². The van der Waals surface area contributed by atoms with E-state index in [1.54, 1.807) is 7.11 Å². The van der Waals surface area contributed by atoms with Crippen molar-refractivity contribution in [3.8, 4) is 5.75 Å². The molecule has 140 valence electrons. The van der Waals surface area contributed by atoms with Gasteiger partial charge in [0.25, 0.3) is 0 Å². The minimum Gasteiger partial charge on any atom is -0.497 e. The fraction of sp³-hybridized carbons (Fsp3) is 0.600. The van der Waals surface area contributed by atoms with Crippen molar-refractivity contribution in [1.82, 2.24) is 9.80 Å². The summed E-state index contributed by atoms with van der Waals surface area (Å²) < 4.78 is 10.6. The van der Waals surface area contributed by atoms with Gasteiger partial charge in [-0.3, -0.25) is 9.80 Å². The standard InChI is InChI=1S/C20H32N2O3/c1-3-4-5-19(23)17-22(11-10-21-12-14-25-15-13-21)16-18-6-8-20(24-2)9-7-18/h3,6-9,19,23H,1,4-5,10-17H2,2H3. The first kappa shape index (κ1) is 19.9. The first-order chi connectivity index (χ1) is 12.2. The molecule has 25 heavy (non-hydrogen) atoms. The van der Waals surface area contributed by atoms with Crippen LogP contribution in [0.4, 0.5) is 0 Å². The van der Waals surface area contributed by atoms with Gasteiger partial charge >= 0.3 is 0 Å². The summed E-state index contributed by atoms with van der Waals surface area (Å²) in [5.74, 6) is 0.870. The van der Waals surface area contributed by atoms with Crippen molar-refractivity contribution >= 4 is 0 Å². The van der Waals surface area contributed by atoms with Gasteiger partial charge < -0.3 is 14.6 Å². The molecule has 1 fully saturated rings. The van der Waals surface area contributed by atoms with Crippen LogP contribution in [0, 0.1) is 0 Å². The van der Waals surface area contributed by atoms with Gasteiger partial charge in [-0.1, -0.05) is 18.2 Å². The van der Waals surface area contributed by atoms with Gasteiger partial charge in [-0.15, -0.1) is 6.58 Å². The first-order valence-electron chi connectivity index (χ1n) is 9.15. The van der Waals surface area contributed by atoms with Gasteiger partial charge in [0.2, 0.25) is 0 Å². The van der Waals surface area contributed by atoms with Crippen molar-refractivity contribution in [3.63, 3.8) is 0 Å². The van der Waals surface area contributed by atoms with E-state index >= 15 is 0 Å². The zero-order chi connectivity index (χ0) is 17.9. The largest absolute Gasteiger partial charge is 0.497 e. The number of hydrogen-bond acceptors (Lipinski definition) is 5. The zero-order valence-corrected chi connectivity index (χ0v) is 15.4. The molecule has 2 rings (SSSR count). The Hall–Kier alpha value is -1.40. The van der Waals surface area contributed by atoms with E-state index in [0.717, 1.165) is 64.5 Å². The summed E-state index contributed by atoms with van der Waals surface area (Å²) in [6.07, 6.45) is 3.16. The number of benzene rings is 1. The molecule has 0 bridgehead atoms. The number of allylic oxidation sites excluding steroid dienone is 1. The molecular weight excluding hydrogens is 316 g/mol. The van der Waals surface area contributed by atoms with Crippen LogP contribution in [0.15, 0.2) is 36.9 Å². The van der Waals surface area contributed by atoms with E-state index in [1.807, 2.05) is 18.2 Å². The number of hydrogen-bond donors (Lipinski definition) is 1. The number of methoxy groups -OCH3 is 1. The highest BCUT2D eigenvalue weighted by molar-refractivity contribution is 5.27. The van der Waals surface area contributed by atoms with Crippen LogP contribution in [0.25, 0.3) is 0 Å². The molecule has 5 nitrogen and oxygen atoms in total. The van der Waals surface area contributed by atoms with Crippen LogP contribution in [0.2, 0.25) is 0 Å². The second-order valence-electron chi connectivity index (χ2n) is 6.56. The number of nitrogens with zero attached hydrogens (tertiary/aromatic N) is 2. The van der Waals surface area contributed by atoms with E-state index in [9.17, 15) is 5.11 Å². The fourth-order valence-corrected chi connectivity index (χ4v) is 3.03. The average molecular weight is 348 g/mol. The highest BCUT2D eigenvalue weighted by atomic mass is 16.5. The third-order valence-electron chi connectivity index (χ3n) is 4.57. The number of aliphatic hydroxyl groups excluding tert-OH is 1. The van der Waals surface area contributed by atoms with E-state index in [-0.39, 0.29) is 6.10 Å². The van der Waals surface area contributed by atoms with Crippen molar-refractivity contribution in [3.05, 3.63) is 42.5 Å². The summed E-state index contributed by atoms with van der Waals surface area (Å²) in [6.45, 7) is 10.8. The second-order valence-corrected chi connectivity index (χ2v) is 6.56. The smallest absolute Gasteiger partial charge is 0.118 e. The Morgan fingerprint density at radius 1 is 1.32 bits per heavy atom. The van der Waals surface area contributed by atoms with E-state index in [1.165, 1.54) is 5.56 Å². The highest BCUT2D eigenvalue weighted by Gasteiger charge is 2.15. The van der Waals surface area contributed by atoms with Crippen LogP contribution >= 0.6 is 0 Å². The fourth-order valence-electron chi connectivity index (χ4n) is 3.03. The van der Waals surface area contributed by atoms with Crippen LogP contribution in [0.3, 0.4) is 0 Å². The third-order valence-corrected chi connectivity index (χ3v) is 4.57. The SMILES string of the molecule is C=CCCC(O)CN(CCN1CCOCC1)Cc1ccc(OC)cc1. The van der Waals surface area contributed by atoms with Crippen LogP contribution in [-0.4, -0.2) is 74.1 Å². The maximum absolute atomic E-state index is 10.3. The zero-order valence-electron chi connectivity index (χ0n) is 15.4. The molecule has 1 N–H and O–H groups in total. The molecule has 0 radical (unpaired) electrons. The van der Waals surface area contributed by atoms with Crippen molar-refractivity contribution in [2.24, 2.45) is 0 Å². The monoisotopic (exact) mass is 348 g/mol. The summed E-state index contributed by atoms with van der Waals surface area (Å²) >= 11 is 0. The maximum atomic E-state index is 10.3. The van der Waals surface area contributed by atoms with Crippen molar-refractivity contribution in [2.45, 2.75) is 25.5 Å². The number of ether oxygens (including phenoxy) is 2. The molecule has 0 aromatic heterocycles.